The molecule has 0 bridgehead atoms. The molecule has 0 radical (unpaired) electrons. The molecule has 1 aliphatic rings. The molecule has 2 aromatic rings. The smallest absolute Gasteiger partial charge is 0.228 e. The number of hydrogen-bond donors (Lipinski definition) is 1. The lowest BCUT2D eigenvalue weighted by Gasteiger charge is -1.98. The lowest BCUT2D eigenvalue weighted by Crippen LogP contribution is -1.97. The summed E-state index contributed by atoms with van der Waals surface area (Å²) in [4.78, 5) is 1.35. The molecule has 0 amide bonds. The van der Waals surface area contributed by atoms with Crippen LogP contribution in [-0.2, 0) is 12.8 Å². The molecule has 0 saturated heterocycles. The third-order valence-corrected chi connectivity index (χ3v) is 3.81. The third-order valence-electron chi connectivity index (χ3n) is 2.93. The van der Waals surface area contributed by atoms with Crippen molar-refractivity contribution in [1.29, 1.82) is 0 Å². The monoisotopic (exact) mass is 234 g/mol. The SMILES string of the molecule is c1csc(Cc2noc3c2CCCCN3)c1. The van der Waals surface area contributed by atoms with Crippen LogP contribution in [0.15, 0.2) is 22.0 Å². The van der Waals surface area contributed by atoms with E-state index < -0.39 is 0 Å². The molecule has 0 saturated carbocycles. The fourth-order valence-corrected chi connectivity index (χ4v) is 2.79. The highest BCUT2D eigenvalue weighted by molar-refractivity contribution is 7.09. The van der Waals surface area contributed by atoms with Crippen LogP contribution < -0.4 is 5.32 Å². The Morgan fingerprint density at radius 2 is 2.44 bits per heavy atom. The van der Waals surface area contributed by atoms with Gasteiger partial charge in [0.25, 0.3) is 0 Å². The Labute approximate surface area is 98.5 Å². The minimum Gasteiger partial charge on any atom is -0.354 e. The molecule has 0 fully saturated rings. The van der Waals surface area contributed by atoms with E-state index in [0.717, 1.165) is 31.0 Å². The molecule has 3 rings (SSSR count). The Bertz CT molecular complexity index is 461. The fourth-order valence-electron chi connectivity index (χ4n) is 2.08. The van der Waals surface area contributed by atoms with Crippen LogP contribution >= 0.6 is 11.3 Å². The second kappa shape index (κ2) is 4.29. The lowest BCUT2D eigenvalue weighted by molar-refractivity contribution is 0.425. The molecule has 0 atom stereocenters. The largest absolute Gasteiger partial charge is 0.354 e. The van der Waals surface area contributed by atoms with Crippen molar-refractivity contribution in [2.75, 3.05) is 11.9 Å². The molecule has 2 aromatic heterocycles. The molecule has 3 nitrogen and oxygen atoms in total. The van der Waals surface area contributed by atoms with Crippen LogP contribution in [0, 0.1) is 0 Å². The van der Waals surface area contributed by atoms with Crippen molar-refractivity contribution in [3.63, 3.8) is 0 Å². The van der Waals surface area contributed by atoms with Crippen LogP contribution in [0.4, 0.5) is 5.88 Å². The fraction of sp³-hybridized carbons (Fsp3) is 0.417. The van der Waals surface area contributed by atoms with E-state index in [0.29, 0.717) is 0 Å². The van der Waals surface area contributed by atoms with Crippen LogP contribution in [-0.4, -0.2) is 11.7 Å². The molecular weight excluding hydrogens is 220 g/mol. The van der Waals surface area contributed by atoms with Gasteiger partial charge in [-0.25, -0.2) is 0 Å². The van der Waals surface area contributed by atoms with Gasteiger partial charge in [0.05, 0.1) is 5.69 Å². The molecule has 1 aliphatic heterocycles. The van der Waals surface area contributed by atoms with E-state index >= 15 is 0 Å². The first-order chi connectivity index (χ1) is 7.93. The van der Waals surface area contributed by atoms with Gasteiger partial charge in [0.15, 0.2) is 0 Å². The molecule has 4 heteroatoms. The van der Waals surface area contributed by atoms with E-state index in [1.54, 1.807) is 11.3 Å². The summed E-state index contributed by atoms with van der Waals surface area (Å²) in [7, 11) is 0. The molecule has 0 aromatic carbocycles. The Balaban J connectivity index is 1.87. The van der Waals surface area contributed by atoms with E-state index in [2.05, 4.69) is 28.0 Å². The van der Waals surface area contributed by atoms with Crippen LogP contribution in [0.3, 0.4) is 0 Å². The molecule has 0 spiro atoms. The molecule has 3 heterocycles. The van der Waals surface area contributed by atoms with E-state index in [1.807, 2.05) is 0 Å². The van der Waals surface area contributed by atoms with Gasteiger partial charge >= 0.3 is 0 Å². The second-order valence-corrected chi connectivity index (χ2v) is 5.11. The van der Waals surface area contributed by atoms with Gasteiger partial charge < -0.3 is 9.84 Å². The standard InChI is InChI=1S/C12H14N2OS/c1-2-6-13-12-10(5-1)11(14-15-12)8-9-4-3-7-16-9/h3-4,7,13H,1-2,5-6,8H2. The van der Waals surface area contributed by atoms with Crippen molar-refractivity contribution in [3.05, 3.63) is 33.6 Å². The predicted octanol–water partition coefficient (Wildman–Crippen LogP) is 3.08. The van der Waals surface area contributed by atoms with Gasteiger partial charge in [0.1, 0.15) is 0 Å². The van der Waals surface area contributed by atoms with Gasteiger partial charge in [-0.3, -0.25) is 0 Å². The highest BCUT2D eigenvalue weighted by Crippen LogP contribution is 2.27. The summed E-state index contributed by atoms with van der Waals surface area (Å²) in [6.07, 6.45) is 4.42. The summed E-state index contributed by atoms with van der Waals surface area (Å²) in [5, 5.41) is 9.59. The Morgan fingerprint density at radius 1 is 1.44 bits per heavy atom. The van der Waals surface area contributed by atoms with Gasteiger partial charge in [0, 0.05) is 23.4 Å². The predicted molar refractivity (Wildman–Crippen MR) is 65.1 cm³/mol. The van der Waals surface area contributed by atoms with Gasteiger partial charge in [-0.2, -0.15) is 0 Å². The maximum absolute atomic E-state index is 5.36. The average molecular weight is 234 g/mol. The number of rotatable bonds is 2. The second-order valence-electron chi connectivity index (χ2n) is 4.08. The van der Waals surface area contributed by atoms with Gasteiger partial charge in [0.2, 0.25) is 5.88 Å². The van der Waals surface area contributed by atoms with Crippen molar-refractivity contribution >= 4 is 17.2 Å². The topological polar surface area (TPSA) is 38.1 Å². The minimum absolute atomic E-state index is 0.893. The number of nitrogens with one attached hydrogen (secondary N) is 1. The van der Waals surface area contributed by atoms with Crippen LogP contribution in [0.2, 0.25) is 0 Å². The number of fused-ring (bicyclic) bond motifs is 1. The summed E-state index contributed by atoms with van der Waals surface area (Å²) >= 11 is 1.77. The highest BCUT2D eigenvalue weighted by Gasteiger charge is 2.18. The Hall–Kier alpha value is -1.29. The molecule has 0 unspecified atom stereocenters. The molecule has 1 N–H and O–H groups in total. The number of hydrogen-bond acceptors (Lipinski definition) is 4. The Kier molecular flexibility index (Phi) is 2.66. The van der Waals surface area contributed by atoms with Gasteiger partial charge in [-0.05, 0) is 30.7 Å². The zero-order valence-corrected chi connectivity index (χ0v) is 9.85. The van der Waals surface area contributed by atoms with Gasteiger partial charge in [-0.1, -0.05) is 11.2 Å². The van der Waals surface area contributed by atoms with Crippen molar-refractivity contribution in [1.82, 2.24) is 5.16 Å². The number of anilines is 1. The summed E-state index contributed by atoms with van der Waals surface area (Å²) < 4.78 is 5.36. The first kappa shape index (κ1) is 9.90. The zero-order valence-electron chi connectivity index (χ0n) is 9.03. The van der Waals surface area contributed by atoms with E-state index in [1.165, 1.54) is 23.3 Å². The van der Waals surface area contributed by atoms with Crippen molar-refractivity contribution in [2.45, 2.75) is 25.7 Å². The first-order valence-electron chi connectivity index (χ1n) is 5.67. The Morgan fingerprint density at radius 3 is 3.31 bits per heavy atom. The van der Waals surface area contributed by atoms with Gasteiger partial charge in [-0.15, -0.1) is 11.3 Å². The maximum Gasteiger partial charge on any atom is 0.228 e. The van der Waals surface area contributed by atoms with Crippen LogP contribution in [0.5, 0.6) is 0 Å². The number of aromatic nitrogens is 1. The molecule has 0 aliphatic carbocycles. The first-order valence-corrected chi connectivity index (χ1v) is 6.55. The lowest BCUT2D eigenvalue weighted by atomic mass is 10.1. The molecular formula is C12H14N2OS. The van der Waals surface area contributed by atoms with E-state index in [9.17, 15) is 0 Å². The summed E-state index contributed by atoms with van der Waals surface area (Å²) in [5.74, 6) is 0.893. The summed E-state index contributed by atoms with van der Waals surface area (Å²) in [6.45, 7) is 1.00. The molecule has 16 heavy (non-hydrogen) atoms. The van der Waals surface area contributed by atoms with Crippen molar-refractivity contribution in [2.24, 2.45) is 0 Å². The van der Waals surface area contributed by atoms with E-state index in [4.69, 9.17) is 4.52 Å². The van der Waals surface area contributed by atoms with Crippen molar-refractivity contribution < 1.29 is 4.52 Å². The number of nitrogens with zero attached hydrogens (tertiary/aromatic N) is 1. The van der Waals surface area contributed by atoms with Crippen molar-refractivity contribution in [3.8, 4) is 0 Å². The third kappa shape index (κ3) is 1.85. The van der Waals surface area contributed by atoms with Crippen LogP contribution in [0.25, 0.3) is 0 Å². The zero-order chi connectivity index (χ0) is 10.8. The minimum atomic E-state index is 0.893. The summed E-state index contributed by atoms with van der Waals surface area (Å²) in [6, 6.07) is 4.23. The number of thiophene rings is 1. The van der Waals surface area contributed by atoms with Crippen LogP contribution in [0.1, 0.15) is 29.0 Å². The average Bonchev–Trinajstić information content (AvgIpc) is 2.86. The summed E-state index contributed by atoms with van der Waals surface area (Å²) in [5.41, 5.74) is 2.39. The highest BCUT2D eigenvalue weighted by atomic mass is 32.1. The quantitative estimate of drug-likeness (QED) is 0.867. The van der Waals surface area contributed by atoms with E-state index in [-0.39, 0.29) is 0 Å². The molecule has 84 valence electrons. The maximum atomic E-state index is 5.36. The normalized spacial score (nSPS) is 15.2.